The van der Waals surface area contributed by atoms with Crippen molar-refractivity contribution in [1.29, 1.82) is 0 Å². The molecule has 0 radical (unpaired) electrons. The normalized spacial score (nSPS) is 11.1. The third kappa shape index (κ3) is 2.82. The lowest BCUT2D eigenvalue weighted by atomic mass is 10.2. The summed E-state index contributed by atoms with van der Waals surface area (Å²) in [5, 5.41) is 9.42. The maximum atomic E-state index is 4.17. The second kappa shape index (κ2) is 5.99. The molecule has 0 saturated heterocycles. The second-order valence-electron chi connectivity index (χ2n) is 3.90. The first-order valence-electron chi connectivity index (χ1n) is 5.76. The Balaban J connectivity index is 1.89. The van der Waals surface area contributed by atoms with Gasteiger partial charge in [0.15, 0.2) is 0 Å². The van der Waals surface area contributed by atoms with Crippen molar-refractivity contribution < 1.29 is 0 Å². The van der Waals surface area contributed by atoms with Crippen molar-refractivity contribution in [3.8, 4) is 0 Å². The molecule has 0 atom stereocenters. The molecular weight excluding hydrogens is 266 g/mol. The van der Waals surface area contributed by atoms with Crippen LogP contribution in [0.2, 0.25) is 0 Å². The van der Waals surface area contributed by atoms with Crippen LogP contribution < -0.4 is 0 Å². The molecule has 1 heterocycles. The zero-order valence-electron chi connectivity index (χ0n) is 9.27. The molecule has 16 heavy (non-hydrogen) atoms. The molecule has 2 rings (SSSR count). The molecule has 0 aliphatic heterocycles. The molecule has 86 valence electrons. The van der Waals surface area contributed by atoms with Crippen LogP contribution in [0.25, 0.3) is 11.0 Å². The minimum atomic E-state index is 0.975. The predicted molar refractivity (Wildman–Crippen MR) is 69.8 cm³/mol. The average molecular weight is 282 g/mol. The minimum Gasteiger partial charge on any atom is -0.245 e. The summed E-state index contributed by atoms with van der Waals surface area (Å²) in [6.07, 6.45) is 5.00. The molecule has 0 bridgehead atoms. The lowest BCUT2D eigenvalue weighted by Crippen LogP contribution is -2.00. The molecule has 4 heteroatoms. The lowest BCUT2D eigenvalue weighted by Gasteiger charge is -2.01. The Morgan fingerprint density at radius 1 is 1.06 bits per heavy atom. The van der Waals surface area contributed by atoms with Gasteiger partial charge in [0.1, 0.15) is 5.52 Å². The van der Waals surface area contributed by atoms with E-state index < -0.39 is 0 Å². The number of aromatic nitrogens is 3. The first-order valence-corrected chi connectivity index (χ1v) is 6.88. The summed E-state index contributed by atoms with van der Waals surface area (Å²) in [4.78, 5) is 0. The van der Waals surface area contributed by atoms with Gasteiger partial charge in [0.05, 0.1) is 5.52 Å². The van der Waals surface area contributed by atoms with Crippen LogP contribution in [0.4, 0.5) is 0 Å². The lowest BCUT2D eigenvalue weighted by molar-refractivity contribution is 0.540. The monoisotopic (exact) mass is 281 g/mol. The number of para-hydroxylation sites is 1. The van der Waals surface area contributed by atoms with Crippen molar-refractivity contribution in [3.05, 3.63) is 24.3 Å². The van der Waals surface area contributed by atoms with Crippen LogP contribution in [0.3, 0.4) is 0 Å². The van der Waals surface area contributed by atoms with Crippen molar-refractivity contribution in [1.82, 2.24) is 15.0 Å². The number of unbranched alkanes of at least 4 members (excludes halogenated alkanes) is 3. The van der Waals surface area contributed by atoms with Crippen molar-refractivity contribution in [2.45, 2.75) is 32.2 Å². The summed E-state index contributed by atoms with van der Waals surface area (Å²) in [6.45, 7) is 0.975. The van der Waals surface area contributed by atoms with Crippen LogP contribution in [0, 0.1) is 0 Å². The highest BCUT2D eigenvalue weighted by Crippen LogP contribution is 2.11. The Labute approximate surface area is 104 Å². The van der Waals surface area contributed by atoms with Crippen molar-refractivity contribution in [3.63, 3.8) is 0 Å². The van der Waals surface area contributed by atoms with E-state index in [0.717, 1.165) is 22.9 Å². The van der Waals surface area contributed by atoms with Crippen molar-refractivity contribution in [2.24, 2.45) is 0 Å². The summed E-state index contributed by atoms with van der Waals surface area (Å²) in [7, 11) is 0. The number of aryl methyl sites for hydroxylation is 1. The van der Waals surface area contributed by atoms with Crippen molar-refractivity contribution >= 4 is 27.0 Å². The molecule has 0 unspecified atom stereocenters. The van der Waals surface area contributed by atoms with E-state index in [2.05, 4.69) is 32.3 Å². The highest BCUT2D eigenvalue weighted by molar-refractivity contribution is 9.09. The van der Waals surface area contributed by atoms with E-state index in [1.807, 2.05) is 22.9 Å². The zero-order chi connectivity index (χ0) is 11.2. The summed E-state index contributed by atoms with van der Waals surface area (Å²) in [5.41, 5.74) is 2.13. The number of fused-ring (bicyclic) bond motifs is 1. The van der Waals surface area contributed by atoms with Gasteiger partial charge in [-0.05, 0) is 25.0 Å². The van der Waals surface area contributed by atoms with Gasteiger partial charge in [-0.25, -0.2) is 4.68 Å². The maximum Gasteiger partial charge on any atom is 0.113 e. The molecule has 0 spiro atoms. The summed E-state index contributed by atoms with van der Waals surface area (Å²) in [6, 6.07) is 8.11. The Morgan fingerprint density at radius 2 is 1.88 bits per heavy atom. The first-order chi connectivity index (χ1) is 7.92. The first kappa shape index (κ1) is 11.6. The van der Waals surface area contributed by atoms with Crippen molar-refractivity contribution in [2.75, 3.05) is 5.33 Å². The van der Waals surface area contributed by atoms with E-state index in [1.165, 1.54) is 25.7 Å². The van der Waals surface area contributed by atoms with Gasteiger partial charge in [-0.1, -0.05) is 46.1 Å². The maximum absolute atomic E-state index is 4.17. The largest absolute Gasteiger partial charge is 0.245 e. The highest BCUT2D eigenvalue weighted by atomic mass is 79.9. The van der Waals surface area contributed by atoms with Crippen LogP contribution in [-0.2, 0) is 6.54 Å². The van der Waals surface area contributed by atoms with Gasteiger partial charge in [0.25, 0.3) is 0 Å². The fourth-order valence-corrected chi connectivity index (χ4v) is 2.19. The van der Waals surface area contributed by atoms with Gasteiger partial charge in [-0.15, -0.1) is 5.10 Å². The van der Waals surface area contributed by atoms with E-state index in [1.54, 1.807) is 0 Å². The molecule has 1 aromatic heterocycles. The van der Waals surface area contributed by atoms with E-state index >= 15 is 0 Å². The molecule has 0 fully saturated rings. The molecule has 3 nitrogen and oxygen atoms in total. The quantitative estimate of drug-likeness (QED) is 0.600. The predicted octanol–water partition coefficient (Wildman–Crippen LogP) is 3.39. The average Bonchev–Trinajstić information content (AvgIpc) is 2.73. The molecule has 0 N–H and O–H groups in total. The topological polar surface area (TPSA) is 30.7 Å². The number of nitrogens with zero attached hydrogens (tertiary/aromatic N) is 3. The minimum absolute atomic E-state index is 0.975. The van der Waals surface area contributed by atoms with Gasteiger partial charge in [0.2, 0.25) is 0 Å². The Bertz CT molecular complexity index is 439. The highest BCUT2D eigenvalue weighted by Gasteiger charge is 2.01. The molecule has 0 aliphatic rings. The molecular formula is C12H16BrN3. The smallest absolute Gasteiger partial charge is 0.113 e. The van der Waals surface area contributed by atoms with E-state index in [-0.39, 0.29) is 0 Å². The van der Waals surface area contributed by atoms with E-state index in [0.29, 0.717) is 0 Å². The third-order valence-electron chi connectivity index (χ3n) is 2.67. The number of benzene rings is 1. The van der Waals surface area contributed by atoms with E-state index in [9.17, 15) is 0 Å². The van der Waals surface area contributed by atoms with Crippen LogP contribution >= 0.6 is 15.9 Å². The van der Waals surface area contributed by atoms with Gasteiger partial charge < -0.3 is 0 Å². The van der Waals surface area contributed by atoms with Gasteiger partial charge in [0, 0.05) is 11.9 Å². The zero-order valence-corrected chi connectivity index (χ0v) is 10.9. The summed E-state index contributed by atoms with van der Waals surface area (Å²) >= 11 is 3.45. The molecule has 2 aromatic rings. The number of rotatable bonds is 6. The van der Waals surface area contributed by atoms with Crippen LogP contribution in [-0.4, -0.2) is 20.3 Å². The number of hydrogen-bond acceptors (Lipinski definition) is 2. The second-order valence-corrected chi connectivity index (χ2v) is 4.70. The molecule has 0 amide bonds. The summed E-state index contributed by atoms with van der Waals surface area (Å²) < 4.78 is 2.00. The SMILES string of the molecule is BrCCCCCCn1nnc2ccccc21. The van der Waals surface area contributed by atoms with Crippen LogP contribution in [0.1, 0.15) is 25.7 Å². The fourth-order valence-electron chi connectivity index (χ4n) is 1.79. The number of alkyl halides is 1. The Hall–Kier alpha value is -0.900. The molecule has 1 aromatic carbocycles. The third-order valence-corrected chi connectivity index (χ3v) is 3.23. The van der Waals surface area contributed by atoms with Gasteiger partial charge >= 0.3 is 0 Å². The fraction of sp³-hybridized carbons (Fsp3) is 0.500. The number of halogens is 1. The Morgan fingerprint density at radius 3 is 2.75 bits per heavy atom. The summed E-state index contributed by atoms with van der Waals surface area (Å²) in [5.74, 6) is 0. The Kier molecular flexibility index (Phi) is 4.34. The molecule has 0 aliphatic carbocycles. The van der Waals surface area contributed by atoms with Gasteiger partial charge in [-0.2, -0.15) is 0 Å². The van der Waals surface area contributed by atoms with E-state index in [4.69, 9.17) is 0 Å². The number of hydrogen-bond donors (Lipinski definition) is 0. The van der Waals surface area contributed by atoms with Crippen LogP contribution in [0.15, 0.2) is 24.3 Å². The molecule has 0 saturated carbocycles. The van der Waals surface area contributed by atoms with Gasteiger partial charge in [-0.3, -0.25) is 0 Å². The standard InChI is InChI=1S/C12H16BrN3/c13-9-5-1-2-6-10-16-12-8-4-3-7-11(12)14-15-16/h3-4,7-8H,1-2,5-6,9-10H2. The van der Waals surface area contributed by atoms with Crippen LogP contribution in [0.5, 0.6) is 0 Å².